The maximum absolute atomic E-state index is 12.1. The summed E-state index contributed by atoms with van der Waals surface area (Å²) in [7, 11) is 0. The van der Waals surface area contributed by atoms with Crippen LogP contribution >= 0.6 is 0 Å². The summed E-state index contributed by atoms with van der Waals surface area (Å²) in [5.41, 5.74) is 1.86. The van der Waals surface area contributed by atoms with Crippen molar-refractivity contribution in [2.75, 3.05) is 25.1 Å². The number of amides is 2. The molecule has 1 atom stereocenters. The minimum Gasteiger partial charge on any atom is -0.378 e. The second-order valence-electron chi connectivity index (χ2n) is 6.55. The summed E-state index contributed by atoms with van der Waals surface area (Å²) in [6, 6.07) is 8.21. The van der Waals surface area contributed by atoms with E-state index in [1.54, 1.807) is 6.92 Å². The van der Waals surface area contributed by atoms with E-state index in [1.165, 1.54) is 0 Å². The SMILES string of the molecule is CC(=O)N(Cc1ccc(NC(=O)CC2COCCN2)cc1)C1CC1. The predicted molar refractivity (Wildman–Crippen MR) is 91.5 cm³/mol. The Morgan fingerprint density at radius 2 is 2.04 bits per heavy atom. The van der Waals surface area contributed by atoms with Crippen LogP contribution in [0, 0.1) is 0 Å². The van der Waals surface area contributed by atoms with Gasteiger partial charge in [0.15, 0.2) is 0 Å². The highest BCUT2D eigenvalue weighted by atomic mass is 16.5. The van der Waals surface area contributed by atoms with E-state index in [-0.39, 0.29) is 17.9 Å². The maximum atomic E-state index is 12.1. The van der Waals surface area contributed by atoms with Crippen molar-refractivity contribution in [3.05, 3.63) is 29.8 Å². The van der Waals surface area contributed by atoms with E-state index in [0.29, 0.717) is 32.2 Å². The second kappa shape index (κ2) is 7.77. The van der Waals surface area contributed by atoms with Crippen molar-refractivity contribution >= 4 is 17.5 Å². The molecule has 0 radical (unpaired) electrons. The van der Waals surface area contributed by atoms with Crippen LogP contribution in [0.4, 0.5) is 5.69 Å². The molecule has 24 heavy (non-hydrogen) atoms. The van der Waals surface area contributed by atoms with Gasteiger partial charge in [0, 0.05) is 44.2 Å². The molecule has 3 rings (SSSR count). The first-order valence-electron chi connectivity index (χ1n) is 8.59. The van der Waals surface area contributed by atoms with E-state index >= 15 is 0 Å². The molecule has 6 nitrogen and oxygen atoms in total. The number of morpholine rings is 1. The molecule has 1 aromatic rings. The van der Waals surface area contributed by atoms with Gasteiger partial charge in [-0.25, -0.2) is 0 Å². The van der Waals surface area contributed by atoms with Crippen LogP contribution in [0.2, 0.25) is 0 Å². The van der Waals surface area contributed by atoms with Gasteiger partial charge >= 0.3 is 0 Å². The molecule has 1 aliphatic heterocycles. The molecule has 0 bridgehead atoms. The third-order valence-corrected chi connectivity index (χ3v) is 4.41. The normalized spacial score (nSPS) is 20.5. The van der Waals surface area contributed by atoms with Crippen molar-refractivity contribution in [1.29, 1.82) is 0 Å². The monoisotopic (exact) mass is 331 g/mol. The highest BCUT2D eigenvalue weighted by Gasteiger charge is 2.30. The van der Waals surface area contributed by atoms with Gasteiger partial charge in [-0.05, 0) is 30.5 Å². The average molecular weight is 331 g/mol. The molecule has 0 spiro atoms. The van der Waals surface area contributed by atoms with Gasteiger partial charge in [-0.15, -0.1) is 0 Å². The van der Waals surface area contributed by atoms with Gasteiger partial charge in [-0.3, -0.25) is 9.59 Å². The lowest BCUT2D eigenvalue weighted by Crippen LogP contribution is -2.43. The second-order valence-corrected chi connectivity index (χ2v) is 6.55. The molecule has 1 saturated carbocycles. The van der Waals surface area contributed by atoms with Crippen LogP contribution in [0.15, 0.2) is 24.3 Å². The number of nitrogens with zero attached hydrogens (tertiary/aromatic N) is 1. The van der Waals surface area contributed by atoms with Crippen LogP contribution in [-0.4, -0.2) is 48.6 Å². The Bertz CT molecular complexity index is 578. The number of nitrogens with one attached hydrogen (secondary N) is 2. The quantitative estimate of drug-likeness (QED) is 0.829. The number of ether oxygens (including phenoxy) is 1. The Kier molecular flexibility index (Phi) is 5.48. The van der Waals surface area contributed by atoms with Crippen LogP contribution in [-0.2, 0) is 20.9 Å². The fraction of sp³-hybridized carbons (Fsp3) is 0.556. The zero-order chi connectivity index (χ0) is 16.9. The van der Waals surface area contributed by atoms with Gasteiger partial charge in [-0.1, -0.05) is 12.1 Å². The van der Waals surface area contributed by atoms with Crippen molar-refractivity contribution in [3.63, 3.8) is 0 Å². The van der Waals surface area contributed by atoms with E-state index in [4.69, 9.17) is 4.74 Å². The van der Waals surface area contributed by atoms with Crippen molar-refractivity contribution < 1.29 is 14.3 Å². The Hall–Kier alpha value is -1.92. The molecule has 2 fully saturated rings. The van der Waals surface area contributed by atoms with Gasteiger partial charge < -0.3 is 20.3 Å². The largest absolute Gasteiger partial charge is 0.378 e. The Morgan fingerprint density at radius 3 is 2.62 bits per heavy atom. The summed E-state index contributed by atoms with van der Waals surface area (Å²) < 4.78 is 5.35. The molecular weight excluding hydrogens is 306 g/mol. The fourth-order valence-electron chi connectivity index (χ4n) is 2.96. The summed E-state index contributed by atoms with van der Waals surface area (Å²) in [6.07, 6.45) is 2.61. The first-order valence-corrected chi connectivity index (χ1v) is 8.59. The summed E-state index contributed by atoms with van der Waals surface area (Å²) in [4.78, 5) is 25.7. The predicted octanol–water partition coefficient (Wildman–Crippen LogP) is 1.51. The van der Waals surface area contributed by atoms with E-state index in [0.717, 1.165) is 30.6 Å². The molecule has 6 heteroatoms. The van der Waals surface area contributed by atoms with E-state index in [1.807, 2.05) is 29.2 Å². The molecule has 2 amide bonds. The standard InChI is InChI=1S/C18H25N3O3/c1-13(22)21(17-6-7-17)11-14-2-4-15(5-3-14)20-18(23)10-16-12-24-9-8-19-16/h2-5,16-17,19H,6-12H2,1H3,(H,20,23). The first-order chi connectivity index (χ1) is 11.6. The molecule has 2 N–H and O–H groups in total. The molecule has 1 heterocycles. The minimum atomic E-state index is -0.0194. The molecule has 1 unspecified atom stereocenters. The third-order valence-electron chi connectivity index (χ3n) is 4.41. The summed E-state index contributed by atoms with van der Waals surface area (Å²) in [5.74, 6) is 0.103. The van der Waals surface area contributed by atoms with Gasteiger partial charge in [0.1, 0.15) is 0 Å². The van der Waals surface area contributed by atoms with Crippen molar-refractivity contribution in [2.45, 2.75) is 44.8 Å². The van der Waals surface area contributed by atoms with Crippen molar-refractivity contribution in [3.8, 4) is 0 Å². The average Bonchev–Trinajstić information content (AvgIpc) is 3.39. The number of carbonyl (C=O) groups excluding carboxylic acids is 2. The summed E-state index contributed by atoms with van der Waals surface area (Å²) in [5, 5.41) is 6.18. The summed E-state index contributed by atoms with van der Waals surface area (Å²) >= 11 is 0. The zero-order valence-electron chi connectivity index (χ0n) is 14.1. The van der Waals surface area contributed by atoms with E-state index in [2.05, 4.69) is 10.6 Å². The number of anilines is 1. The number of carbonyl (C=O) groups is 2. The van der Waals surface area contributed by atoms with E-state index in [9.17, 15) is 9.59 Å². The number of hydrogen-bond acceptors (Lipinski definition) is 4. The molecule has 0 aromatic heterocycles. The summed E-state index contributed by atoms with van der Waals surface area (Å²) in [6.45, 7) is 4.33. The number of hydrogen-bond donors (Lipinski definition) is 2. The van der Waals surface area contributed by atoms with Crippen LogP contribution in [0.3, 0.4) is 0 Å². The smallest absolute Gasteiger partial charge is 0.226 e. The Morgan fingerprint density at radius 1 is 1.29 bits per heavy atom. The van der Waals surface area contributed by atoms with Crippen LogP contribution < -0.4 is 10.6 Å². The topological polar surface area (TPSA) is 70.7 Å². The van der Waals surface area contributed by atoms with Crippen LogP contribution in [0.1, 0.15) is 31.7 Å². The molecule has 1 aromatic carbocycles. The molecule has 130 valence electrons. The molecule has 1 saturated heterocycles. The lowest BCUT2D eigenvalue weighted by molar-refractivity contribution is -0.130. The first kappa shape index (κ1) is 16.9. The lowest BCUT2D eigenvalue weighted by Gasteiger charge is -2.23. The van der Waals surface area contributed by atoms with Gasteiger partial charge in [0.25, 0.3) is 0 Å². The minimum absolute atomic E-state index is 0.0194. The maximum Gasteiger partial charge on any atom is 0.226 e. The van der Waals surface area contributed by atoms with Gasteiger partial charge in [0.2, 0.25) is 11.8 Å². The Labute approximate surface area is 142 Å². The third kappa shape index (κ3) is 4.79. The Balaban J connectivity index is 1.50. The lowest BCUT2D eigenvalue weighted by atomic mass is 10.1. The van der Waals surface area contributed by atoms with Crippen molar-refractivity contribution in [1.82, 2.24) is 10.2 Å². The molecule has 2 aliphatic rings. The molecule has 1 aliphatic carbocycles. The van der Waals surface area contributed by atoms with Gasteiger partial charge in [0.05, 0.1) is 13.2 Å². The van der Waals surface area contributed by atoms with Crippen LogP contribution in [0.5, 0.6) is 0 Å². The number of rotatable bonds is 6. The van der Waals surface area contributed by atoms with E-state index < -0.39 is 0 Å². The van der Waals surface area contributed by atoms with Crippen LogP contribution in [0.25, 0.3) is 0 Å². The van der Waals surface area contributed by atoms with Gasteiger partial charge in [-0.2, -0.15) is 0 Å². The fourth-order valence-corrected chi connectivity index (χ4v) is 2.96. The highest BCUT2D eigenvalue weighted by molar-refractivity contribution is 5.91. The highest BCUT2D eigenvalue weighted by Crippen LogP contribution is 2.28. The number of benzene rings is 1. The zero-order valence-corrected chi connectivity index (χ0v) is 14.1. The molecular formula is C18H25N3O3. The van der Waals surface area contributed by atoms with Crippen molar-refractivity contribution in [2.24, 2.45) is 0 Å².